The van der Waals surface area contributed by atoms with E-state index in [1.807, 2.05) is 6.92 Å². The lowest BCUT2D eigenvalue weighted by Gasteiger charge is -2.09. The number of hydrogen-bond acceptors (Lipinski definition) is 0. The van der Waals surface area contributed by atoms with Crippen LogP contribution < -0.4 is 0 Å². The lowest BCUT2D eigenvalue weighted by Crippen LogP contribution is -2.11. The molecule has 28 heavy (non-hydrogen) atoms. The van der Waals surface area contributed by atoms with E-state index in [-0.39, 0.29) is 0 Å². The van der Waals surface area contributed by atoms with Gasteiger partial charge in [-0.25, -0.2) is 4.68 Å². The zero-order valence-corrected chi connectivity index (χ0v) is 17.5. The lowest BCUT2D eigenvalue weighted by molar-refractivity contribution is -0.347. The molecule has 0 unspecified atom stereocenters. The van der Waals surface area contributed by atoms with Crippen LogP contribution >= 0.6 is 0 Å². The van der Waals surface area contributed by atoms with Crippen molar-refractivity contribution in [2.75, 3.05) is 0 Å². The standard InChI is InChI=1S/C26H32N2/c1-4-7-9-20-11-15-23(16-12-20)25-19-22(6-3)26(28(25)27)24-17-13-21(14-18-24)10-8-5-2/h6,11-19,27H,4-5,7-10H2,1-3H3. The van der Waals surface area contributed by atoms with Crippen LogP contribution in [0.3, 0.4) is 0 Å². The van der Waals surface area contributed by atoms with Crippen LogP contribution in [0, 0.1) is 0 Å². The summed E-state index contributed by atoms with van der Waals surface area (Å²) >= 11 is 0. The molecule has 3 rings (SSSR count). The van der Waals surface area contributed by atoms with Gasteiger partial charge >= 0.3 is 0 Å². The number of hydrogen-bond donors (Lipinski definition) is 0. The molecular formula is C26H32N2. The molecule has 2 nitrogen and oxygen atoms in total. The minimum atomic E-state index is 0.945. The summed E-state index contributed by atoms with van der Waals surface area (Å²) in [6, 6.07) is 17.5. The van der Waals surface area contributed by atoms with E-state index in [4.69, 9.17) is 5.84 Å². The average molecular weight is 373 g/mol. The molecule has 0 atom stereocenters. The second-order valence-electron chi connectivity index (χ2n) is 7.56. The van der Waals surface area contributed by atoms with E-state index in [0.29, 0.717) is 0 Å². The quantitative estimate of drug-likeness (QED) is 0.440. The molecular weight excluding hydrogens is 340 g/mol. The van der Waals surface area contributed by atoms with Crippen molar-refractivity contribution in [1.29, 1.82) is 0 Å². The Morgan fingerprint density at radius 3 is 1.75 bits per heavy atom. The molecule has 1 heterocycles. The average Bonchev–Trinajstić information content (AvgIpc) is 3.07. The van der Waals surface area contributed by atoms with E-state index in [1.54, 1.807) is 4.68 Å². The second-order valence-corrected chi connectivity index (χ2v) is 7.56. The van der Waals surface area contributed by atoms with Crippen molar-refractivity contribution in [3.05, 3.63) is 94.4 Å². The number of benzene rings is 2. The predicted molar refractivity (Wildman–Crippen MR) is 121 cm³/mol. The molecule has 0 bridgehead atoms. The minimum absolute atomic E-state index is 0.945. The van der Waals surface area contributed by atoms with Gasteiger partial charge in [0.25, 0.3) is 0 Å². The Morgan fingerprint density at radius 1 is 0.786 bits per heavy atom. The maximum atomic E-state index is 8.77. The van der Waals surface area contributed by atoms with Gasteiger partial charge in [-0.2, -0.15) is 0 Å². The highest BCUT2D eigenvalue weighted by Crippen LogP contribution is 2.28. The van der Waals surface area contributed by atoms with Gasteiger partial charge in [0, 0.05) is 22.8 Å². The molecule has 0 saturated carbocycles. The topological polar surface area (TPSA) is 26.8 Å². The van der Waals surface area contributed by atoms with Gasteiger partial charge in [-0.3, -0.25) is 0 Å². The number of nitrogens with one attached hydrogen (secondary N) is 1. The molecule has 2 heteroatoms. The normalized spacial score (nSPS) is 15.4. The van der Waals surface area contributed by atoms with Crippen molar-refractivity contribution < 1.29 is 4.68 Å². The van der Waals surface area contributed by atoms with Gasteiger partial charge in [0.1, 0.15) is 0 Å². The summed E-state index contributed by atoms with van der Waals surface area (Å²) in [6.45, 7) is 6.50. The van der Waals surface area contributed by atoms with Crippen LogP contribution in [0.25, 0.3) is 11.5 Å². The molecule has 0 fully saturated rings. The first-order valence-electron chi connectivity index (χ1n) is 10.6. The summed E-state index contributed by atoms with van der Waals surface area (Å²) in [5.41, 5.74) is 7.98. The molecule has 0 aromatic heterocycles. The summed E-state index contributed by atoms with van der Waals surface area (Å²) < 4.78 is 1.59. The highest BCUT2D eigenvalue weighted by molar-refractivity contribution is 6.14. The molecule has 2 aromatic rings. The van der Waals surface area contributed by atoms with E-state index in [2.05, 4.69) is 74.5 Å². The fraction of sp³-hybridized carbons (Fsp3) is 0.346. The summed E-state index contributed by atoms with van der Waals surface area (Å²) in [6.07, 6.45) is 11.4. The van der Waals surface area contributed by atoms with Gasteiger partial charge in [-0.15, -0.1) is 0 Å². The van der Waals surface area contributed by atoms with Crippen LogP contribution in [-0.2, 0) is 12.8 Å². The van der Waals surface area contributed by atoms with E-state index < -0.39 is 0 Å². The summed E-state index contributed by atoms with van der Waals surface area (Å²) in [4.78, 5) is 0. The largest absolute Gasteiger partial charge is 0.448 e. The van der Waals surface area contributed by atoms with Crippen molar-refractivity contribution in [2.24, 2.45) is 0 Å². The van der Waals surface area contributed by atoms with E-state index >= 15 is 0 Å². The molecule has 146 valence electrons. The SMILES string of the molecule is CC=C1C=C(c2ccc(CCCC)cc2)[N+]([NH-])=C1c1ccc(CCCC)cc1. The van der Waals surface area contributed by atoms with Gasteiger partial charge < -0.3 is 5.84 Å². The summed E-state index contributed by atoms with van der Waals surface area (Å²) in [7, 11) is 0. The molecule has 0 amide bonds. The first-order valence-corrected chi connectivity index (χ1v) is 10.6. The Balaban J connectivity index is 1.87. The number of nitrogens with zero attached hydrogens (tertiary/aromatic N) is 1. The van der Waals surface area contributed by atoms with Gasteiger partial charge in [0.05, 0.1) is 0 Å². The smallest absolute Gasteiger partial charge is 0.215 e. The molecule has 0 aliphatic carbocycles. The van der Waals surface area contributed by atoms with Gasteiger partial charge in [0.2, 0.25) is 11.4 Å². The molecule has 0 radical (unpaired) electrons. The Labute approximate surface area is 170 Å². The van der Waals surface area contributed by atoms with Gasteiger partial charge in [0.15, 0.2) is 0 Å². The molecule has 0 saturated heterocycles. The van der Waals surface area contributed by atoms with Crippen molar-refractivity contribution in [3.8, 4) is 0 Å². The number of allylic oxidation sites excluding steroid dienone is 3. The number of rotatable bonds is 8. The van der Waals surface area contributed by atoms with Crippen LogP contribution in [0.2, 0.25) is 0 Å². The summed E-state index contributed by atoms with van der Waals surface area (Å²) in [5, 5.41) is 0. The first kappa shape index (κ1) is 20.1. The Kier molecular flexibility index (Phi) is 6.86. The second kappa shape index (κ2) is 9.54. The van der Waals surface area contributed by atoms with E-state index in [1.165, 1.54) is 36.8 Å². The monoisotopic (exact) mass is 372 g/mol. The molecule has 1 N–H and O–H groups in total. The Bertz CT molecular complexity index is 881. The third-order valence-electron chi connectivity index (χ3n) is 5.46. The van der Waals surface area contributed by atoms with E-state index in [9.17, 15) is 0 Å². The minimum Gasteiger partial charge on any atom is -0.448 e. The predicted octanol–water partition coefficient (Wildman–Crippen LogP) is 7.14. The van der Waals surface area contributed by atoms with Crippen LogP contribution in [0.5, 0.6) is 0 Å². The van der Waals surface area contributed by atoms with Crippen molar-refractivity contribution in [2.45, 2.75) is 59.3 Å². The summed E-state index contributed by atoms with van der Waals surface area (Å²) in [5.74, 6) is 8.77. The first-order chi connectivity index (χ1) is 13.7. The molecule has 1 aliphatic rings. The van der Waals surface area contributed by atoms with Crippen molar-refractivity contribution in [1.82, 2.24) is 0 Å². The maximum Gasteiger partial charge on any atom is 0.215 e. The van der Waals surface area contributed by atoms with Crippen molar-refractivity contribution in [3.63, 3.8) is 0 Å². The van der Waals surface area contributed by atoms with Crippen molar-refractivity contribution >= 4 is 11.4 Å². The highest BCUT2D eigenvalue weighted by Gasteiger charge is 2.27. The third-order valence-corrected chi connectivity index (χ3v) is 5.46. The molecule has 1 aliphatic heterocycles. The maximum absolute atomic E-state index is 8.77. The fourth-order valence-electron chi connectivity index (χ4n) is 3.69. The number of aryl methyl sites for hydroxylation is 2. The van der Waals surface area contributed by atoms with Crippen LogP contribution in [0.1, 0.15) is 68.7 Å². The van der Waals surface area contributed by atoms with Crippen LogP contribution in [-0.4, -0.2) is 10.4 Å². The highest BCUT2D eigenvalue weighted by atomic mass is 15.3. The zero-order chi connectivity index (χ0) is 19.9. The fourth-order valence-corrected chi connectivity index (χ4v) is 3.69. The third kappa shape index (κ3) is 4.44. The Hall–Kier alpha value is -2.61. The molecule has 2 aromatic carbocycles. The zero-order valence-electron chi connectivity index (χ0n) is 17.5. The van der Waals surface area contributed by atoms with Gasteiger partial charge in [-0.1, -0.05) is 57.0 Å². The van der Waals surface area contributed by atoms with E-state index in [0.717, 1.165) is 41.0 Å². The van der Waals surface area contributed by atoms with Crippen LogP contribution in [0.4, 0.5) is 0 Å². The Morgan fingerprint density at radius 2 is 1.29 bits per heavy atom. The van der Waals surface area contributed by atoms with Crippen LogP contribution in [0.15, 0.2) is 66.3 Å². The number of unbranched alkanes of at least 4 members (excludes halogenated alkanes) is 2. The molecule has 0 spiro atoms. The van der Waals surface area contributed by atoms with Gasteiger partial charge in [-0.05, 0) is 68.0 Å². The lowest BCUT2D eigenvalue weighted by atomic mass is 10.00.